The summed E-state index contributed by atoms with van der Waals surface area (Å²) in [6, 6.07) is -0.821. The second kappa shape index (κ2) is 36.7. The van der Waals surface area contributed by atoms with Crippen LogP contribution in [0.5, 0.6) is 0 Å². The maximum atomic E-state index is 12.6. The van der Waals surface area contributed by atoms with Crippen LogP contribution in [-0.4, -0.2) is 87.5 Å². The van der Waals surface area contributed by atoms with E-state index in [0.29, 0.717) is 6.42 Å². The lowest BCUT2D eigenvalue weighted by atomic mass is 9.99. The predicted octanol–water partition coefficient (Wildman–Crippen LogP) is 9.28. The van der Waals surface area contributed by atoms with E-state index in [1.54, 1.807) is 6.08 Å². The molecule has 55 heavy (non-hydrogen) atoms. The minimum atomic E-state index is -1.57. The van der Waals surface area contributed by atoms with Gasteiger partial charge in [-0.1, -0.05) is 179 Å². The second-order valence-electron chi connectivity index (χ2n) is 15.8. The Bertz CT molecular complexity index is 956. The van der Waals surface area contributed by atoms with Crippen molar-refractivity contribution in [2.24, 2.45) is 0 Å². The van der Waals surface area contributed by atoms with Gasteiger partial charge in [0.1, 0.15) is 24.4 Å². The van der Waals surface area contributed by atoms with Crippen molar-refractivity contribution in [2.45, 2.75) is 236 Å². The molecule has 1 amide bonds. The summed E-state index contributed by atoms with van der Waals surface area (Å²) in [7, 11) is 0. The highest BCUT2D eigenvalue weighted by Crippen LogP contribution is 2.22. The monoisotopic (exact) mass is 780 g/mol. The zero-order valence-corrected chi connectivity index (χ0v) is 35.2. The topological polar surface area (TPSA) is 149 Å². The highest BCUT2D eigenvalue weighted by atomic mass is 16.7. The Kier molecular flexibility index (Phi) is 34.3. The van der Waals surface area contributed by atoms with Gasteiger partial charge in [-0.2, -0.15) is 0 Å². The Hall–Kier alpha value is -1.59. The van der Waals surface area contributed by atoms with Crippen molar-refractivity contribution in [1.82, 2.24) is 5.32 Å². The molecule has 0 aromatic heterocycles. The molecule has 1 rings (SSSR count). The summed E-state index contributed by atoms with van der Waals surface area (Å²) in [4.78, 5) is 12.6. The summed E-state index contributed by atoms with van der Waals surface area (Å²) in [6.45, 7) is 3.61. The van der Waals surface area contributed by atoms with Crippen molar-refractivity contribution >= 4 is 5.91 Å². The van der Waals surface area contributed by atoms with Crippen LogP contribution in [-0.2, 0) is 14.3 Å². The van der Waals surface area contributed by atoms with Gasteiger partial charge in [0.05, 0.1) is 25.4 Å². The largest absolute Gasteiger partial charge is 0.394 e. The Morgan fingerprint density at radius 1 is 0.600 bits per heavy atom. The number of ether oxygens (including phenoxy) is 2. The fourth-order valence-corrected chi connectivity index (χ4v) is 7.01. The summed E-state index contributed by atoms with van der Waals surface area (Å²) < 4.78 is 11.1. The van der Waals surface area contributed by atoms with Gasteiger partial charge in [-0.15, -0.1) is 0 Å². The number of unbranched alkanes of at least 4 members (excludes halogenated alkanes) is 23. The molecule has 0 bridgehead atoms. The molecule has 0 aromatic rings. The highest BCUT2D eigenvalue weighted by Gasteiger charge is 2.44. The lowest BCUT2D eigenvalue weighted by Gasteiger charge is -2.40. The molecule has 1 aliphatic heterocycles. The minimum absolute atomic E-state index is 0.206. The molecule has 0 saturated carbocycles. The molecule has 1 saturated heterocycles. The van der Waals surface area contributed by atoms with Crippen LogP contribution in [0.25, 0.3) is 0 Å². The van der Waals surface area contributed by atoms with Crippen molar-refractivity contribution < 1.29 is 39.8 Å². The lowest BCUT2D eigenvalue weighted by molar-refractivity contribution is -0.302. The number of nitrogens with one attached hydrogen (secondary N) is 1. The molecule has 1 fully saturated rings. The van der Waals surface area contributed by atoms with E-state index in [4.69, 9.17) is 9.47 Å². The molecule has 6 N–H and O–H groups in total. The molecule has 0 radical (unpaired) electrons. The van der Waals surface area contributed by atoms with Gasteiger partial charge in [-0.3, -0.25) is 4.79 Å². The number of carbonyl (C=O) groups excluding carboxylic acids is 1. The molecule has 9 heteroatoms. The number of aliphatic hydroxyl groups is 5. The molecule has 1 aliphatic rings. The van der Waals surface area contributed by atoms with Crippen LogP contribution in [0.2, 0.25) is 0 Å². The highest BCUT2D eigenvalue weighted by molar-refractivity contribution is 5.76. The molecular formula is C46H85NO8. The summed E-state index contributed by atoms with van der Waals surface area (Å²) >= 11 is 0. The Morgan fingerprint density at radius 2 is 1.04 bits per heavy atom. The van der Waals surface area contributed by atoms with Crippen molar-refractivity contribution in [2.75, 3.05) is 13.2 Å². The average molecular weight is 780 g/mol. The third kappa shape index (κ3) is 27.6. The van der Waals surface area contributed by atoms with Crippen molar-refractivity contribution in [1.29, 1.82) is 0 Å². The van der Waals surface area contributed by atoms with Crippen LogP contribution >= 0.6 is 0 Å². The van der Waals surface area contributed by atoms with Crippen LogP contribution in [0.3, 0.4) is 0 Å². The Morgan fingerprint density at radius 3 is 1.53 bits per heavy atom. The zero-order chi connectivity index (χ0) is 40.2. The van der Waals surface area contributed by atoms with E-state index in [1.807, 2.05) is 6.08 Å². The minimum Gasteiger partial charge on any atom is -0.394 e. The normalized spacial score (nSPS) is 21.6. The average Bonchev–Trinajstić information content (AvgIpc) is 3.18. The quantitative estimate of drug-likeness (QED) is 0.0270. The molecule has 0 spiro atoms. The summed E-state index contributed by atoms with van der Waals surface area (Å²) in [6.07, 6.45) is 38.6. The van der Waals surface area contributed by atoms with E-state index in [2.05, 4.69) is 43.5 Å². The summed E-state index contributed by atoms with van der Waals surface area (Å²) in [5, 5.41) is 53.6. The molecular weight excluding hydrogens is 695 g/mol. The van der Waals surface area contributed by atoms with Gasteiger partial charge in [0.15, 0.2) is 6.29 Å². The third-order valence-electron chi connectivity index (χ3n) is 10.7. The third-order valence-corrected chi connectivity index (χ3v) is 10.7. The van der Waals surface area contributed by atoms with E-state index in [-0.39, 0.29) is 12.5 Å². The summed E-state index contributed by atoms with van der Waals surface area (Å²) in [5.41, 5.74) is 0. The predicted molar refractivity (Wildman–Crippen MR) is 226 cm³/mol. The molecule has 0 aromatic carbocycles. The van der Waals surface area contributed by atoms with E-state index in [1.165, 1.54) is 122 Å². The van der Waals surface area contributed by atoms with Gasteiger partial charge in [-0.05, 0) is 44.9 Å². The van der Waals surface area contributed by atoms with Gasteiger partial charge in [0, 0.05) is 6.42 Å². The first-order chi connectivity index (χ1) is 26.8. The second-order valence-corrected chi connectivity index (χ2v) is 15.8. The van der Waals surface area contributed by atoms with Gasteiger partial charge in [-0.25, -0.2) is 0 Å². The number of aliphatic hydroxyl groups excluding tert-OH is 5. The first kappa shape index (κ1) is 51.4. The first-order valence-corrected chi connectivity index (χ1v) is 22.7. The van der Waals surface area contributed by atoms with Crippen LogP contribution in [0.15, 0.2) is 36.5 Å². The SMILES string of the molecule is CCCCCCCCCCCCCCCCCCCC/C=C/CC/C=C/CC/C=C/C(O)C(COC1OC(CO)C(O)C(O)C1O)NC(=O)CCCCCC. The number of amides is 1. The molecule has 322 valence electrons. The van der Waals surface area contributed by atoms with Crippen molar-refractivity contribution in [3.8, 4) is 0 Å². The molecule has 1 heterocycles. The number of hydrogen-bond acceptors (Lipinski definition) is 8. The Balaban J connectivity index is 2.17. The molecule has 0 aliphatic carbocycles. The van der Waals surface area contributed by atoms with E-state index in [0.717, 1.165) is 51.4 Å². The van der Waals surface area contributed by atoms with E-state index < -0.39 is 49.5 Å². The maximum Gasteiger partial charge on any atom is 0.220 e. The zero-order valence-electron chi connectivity index (χ0n) is 35.2. The molecule has 7 atom stereocenters. The molecule has 7 unspecified atom stereocenters. The number of hydrogen-bond donors (Lipinski definition) is 6. The standard InChI is InChI=1S/C46H85NO8/c1-3-5-7-9-10-11-12-13-14-15-16-17-18-19-20-21-22-23-24-25-26-27-28-29-30-31-32-33-35-40(49)39(47-42(50)36-34-8-6-4-2)38-54-46-45(53)44(52)43(51)41(37-48)55-46/h25-26,29-30,33,35,39-41,43-46,48-49,51-53H,3-24,27-28,31-32,34,36-38H2,1-2H3,(H,47,50)/b26-25+,30-29+,35-33+. The Labute approximate surface area is 336 Å². The number of allylic oxidation sites excluding steroid dienone is 5. The van der Waals surface area contributed by atoms with Crippen LogP contribution in [0, 0.1) is 0 Å². The van der Waals surface area contributed by atoms with E-state index >= 15 is 0 Å². The number of carbonyl (C=O) groups is 1. The van der Waals surface area contributed by atoms with Crippen molar-refractivity contribution in [3.05, 3.63) is 36.5 Å². The van der Waals surface area contributed by atoms with Gasteiger partial charge >= 0.3 is 0 Å². The van der Waals surface area contributed by atoms with Crippen LogP contribution in [0.1, 0.15) is 194 Å². The van der Waals surface area contributed by atoms with Crippen LogP contribution in [0.4, 0.5) is 0 Å². The van der Waals surface area contributed by atoms with Crippen molar-refractivity contribution in [3.63, 3.8) is 0 Å². The first-order valence-electron chi connectivity index (χ1n) is 22.7. The molecule has 9 nitrogen and oxygen atoms in total. The summed E-state index contributed by atoms with van der Waals surface area (Å²) in [5.74, 6) is -0.210. The van der Waals surface area contributed by atoms with Gasteiger partial charge in [0.25, 0.3) is 0 Å². The van der Waals surface area contributed by atoms with E-state index in [9.17, 15) is 30.3 Å². The maximum absolute atomic E-state index is 12.6. The van der Waals surface area contributed by atoms with Gasteiger partial charge in [0.2, 0.25) is 5.91 Å². The van der Waals surface area contributed by atoms with Gasteiger partial charge < -0.3 is 40.3 Å². The fraction of sp³-hybridized carbons (Fsp3) is 0.848. The fourth-order valence-electron chi connectivity index (χ4n) is 7.01. The smallest absolute Gasteiger partial charge is 0.220 e. The van der Waals surface area contributed by atoms with Crippen LogP contribution < -0.4 is 5.32 Å². The lowest BCUT2D eigenvalue weighted by Crippen LogP contribution is -2.60. The number of rotatable bonds is 37.